The van der Waals surface area contributed by atoms with Gasteiger partial charge in [-0.25, -0.2) is 0 Å². The summed E-state index contributed by atoms with van der Waals surface area (Å²) in [7, 11) is 3.40. The van der Waals surface area contributed by atoms with Gasteiger partial charge in [0.25, 0.3) is 0 Å². The molecular weight excluding hydrogens is 294 g/mol. The molecule has 4 rings (SSSR count). The van der Waals surface area contributed by atoms with E-state index in [4.69, 9.17) is 14.2 Å². The molecule has 0 N–H and O–H groups in total. The summed E-state index contributed by atoms with van der Waals surface area (Å²) in [6, 6.07) is 0.950. The van der Waals surface area contributed by atoms with Crippen LogP contribution in [0, 0.1) is 23.7 Å². The fourth-order valence-electron chi connectivity index (χ4n) is 5.86. The van der Waals surface area contributed by atoms with Crippen LogP contribution in [0.25, 0.3) is 0 Å². The Bertz CT molecular complexity index is 563. The molecule has 0 aromatic carbocycles. The van der Waals surface area contributed by atoms with E-state index >= 15 is 0 Å². The largest absolute Gasteiger partial charge is 0.457 e. The van der Waals surface area contributed by atoms with Crippen LogP contribution in [0.3, 0.4) is 0 Å². The first-order valence-electron chi connectivity index (χ1n) is 8.61. The van der Waals surface area contributed by atoms with Crippen molar-refractivity contribution < 1.29 is 19.0 Å². The number of esters is 1. The normalized spacial score (nSPS) is 44.7. The monoisotopic (exact) mass is 319 g/mol. The summed E-state index contributed by atoms with van der Waals surface area (Å²) in [5.74, 6) is 6.90. The van der Waals surface area contributed by atoms with Gasteiger partial charge in [-0.1, -0.05) is 5.92 Å². The van der Waals surface area contributed by atoms with Gasteiger partial charge in [0, 0.05) is 38.5 Å². The third-order valence-corrected chi connectivity index (χ3v) is 6.46. The maximum atomic E-state index is 12.1. The zero-order valence-electron chi connectivity index (χ0n) is 14.1. The van der Waals surface area contributed by atoms with Crippen LogP contribution >= 0.6 is 0 Å². The molecule has 3 saturated heterocycles. The molecule has 3 aliphatic heterocycles. The van der Waals surface area contributed by atoms with E-state index in [9.17, 15) is 4.79 Å². The predicted molar refractivity (Wildman–Crippen MR) is 83.3 cm³/mol. The molecular formula is C18H25NO4. The Balaban J connectivity index is 1.71. The average Bonchev–Trinajstić information content (AvgIpc) is 3.16. The van der Waals surface area contributed by atoms with E-state index in [2.05, 4.69) is 16.7 Å². The first kappa shape index (κ1) is 15.4. The van der Waals surface area contributed by atoms with Crippen LogP contribution in [0.1, 0.15) is 39.0 Å². The third-order valence-electron chi connectivity index (χ3n) is 6.46. The zero-order valence-corrected chi connectivity index (χ0v) is 14.1. The lowest BCUT2D eigenvalue weighted by Gasteiger charge is -2.38. The van der Waals surface area contributed by atoms with Crippen LogP contribution in [0.5, 0.6) is 0 Å². The van der Waals surface area contributed by atoms with Gasteiger partial charge in [-0.3, -0.25) is 9.69 Å². The third kappa shape index (κ3) is 2.02. The molecule has 5 nitrogen and oxygen atoms in total. The minimum Gasteiger partial charge on any atom is -0.457 e. The van der Waals surface area contributed by atoms with E-state index in [0.717, 1.165) is 25.7 Å². The standard InChI is InChI=1S/C18H25NO4/c1-4-5-11-8-12-10-18(13(11)9-16(20)23-18)15-7-6-14(19(12)15)17(21-2)22-3/h11-15,17H,6-10H2,1-3H3/t11-,12?,13-,14?,15?,18?/m0/s1. The van der Waals surface area contributed by atoms with Crippen LogP contribution in [0.2, 0.25) is 0 Å². The van der Waals surface area contributed by atoms with Gasteiger partial charge in [0.2, 0.25) is 0 Å². The SMILES string of the molecule is CC#C[C@H]1CC2CC3(OC(=O)C[C@@H]13)C1CCC(C(OC)OC)N21. The van der Waals surface area contributed by atoms with Gasteiger partial charge in [-0.2, -0.15) is 0 Å². The van der Waals surface area contributed by atoms with Crippen molar-refractivity contribution in [3.8, 4) is 11.8 Å². The molecule has 6 atom stereocenters. The molecule has 0 amide bonds. The van der Waals surface area contributed by atoms with Gasteiger partial charge < -0.3 is 14.2 Å². The number of hydrogen-bond acceptors (Lipinski definition) is 5. The van der Waals surface area contributed by atoms with Crippen molar-refractivity contribution in [2.45, 2.75) is 69.0 Å². The molecule has 0 radical (unpaired) electrons. The maximum Gasteiger partial charge on any atom is 0.306 e. The van der Waals surface area contributed by atoms with Crippen LogP contribution in [0.15, 0.2) is 0 Å². The molecule has 4 unspecified atom stereocenters. The van der Waals surface area contributed by atoms with Gasteiger partial charge in [-0.05, 0) is 26.2 Å². The molecule has 1 spiro atoms. The van der Waals surface area contributed by atoms with Crippen LogP contribution < -0.4 is 0 Å². The Kier molecular flexibility index (Phi) is 3.67. The number of ether oxygens (including phenoxy) is 3. The van der Waals surface area contributed by atoms with Crippen molar-refractivity contribution in [2.75, 3.05) is 14.2 Å². The molecule has 1 saturated carbocycles. The fraction of sp³-hybridized carbons (Fsp3) is 0.833. The molecule has 1 aliphatic carbocycles. The second kappa shape index (κ2) is 5.47. The Labute approximate surface area is 137 Å². The van der Waals surface area contributed by atoms with Crippen molar-refractivity contribution in [3.63, 3.8) is 0 Å². The Hall–Kier alpha value is -1.09. The highest BCUT2D eigenvalue weighted by molar-refractivity contribution is 5.74. The molecule has 2 bridgehead atoms. The summed E-state index contributed by atoms with van der Waals surface area (Å²) in [4.78, 5) is 14.7. The number of carbonyl (C=O) groups is 1. The summed E-state index contributed by atoms with van der Waals surface area (Å²) >= 11 is 0. The van der Waals surface area contributed by atoms with Crippen molar-refractivity contribution in [3.05, 3.63) is 0 Å². The summed E-state index contributed by atoms with van der Waals surface area (Å²) in [6.45, 7) is 1.89. The predicted octanol–water partition coefficient (Wildman–Crippen LogP) is 1.56. The van der Waals surface area contributed by atoms with Crippen LogP contribution in [-0.4, -0.2) is 55.1 Å². The highest BCUT2D eigenvalue weighted by Gasteiger charge is 2.69. The van der Waals surface area contributed by atoms with E-state index in [0.29, 0.717) is 18.5 Å². The van der Waals surface area contributed by atoms with Gasteiger partial charge >= 0.3 is 5.97 Å². The lowest BCUT2D eigenvalue weighted by molar-refractivity contribution is -0.154. The molecule has 4 aliphatic rings. The first-order chi connectivity index (χ1) is 11.1. The number of methoxy groups -OCH3 is 2. The van der Waals surface area contributed by atoms with E-state index in [-0.39, 0.29) is 35.7 Å². The fourth-order valence-corrected chi connectivity index (χ4v) is 5.86. The zero-order chi connectivity index (χ0) is 16.2. The van der Waals surface area contributed by atoms with Crippen molar-refractivity contribution in [1.82, 2.24) is 4.90 Å². The topological polar surface area (TPSA) is 48.0 Å². The van der Waals surface area contributed by atoms with Gasteiger partial charge in [0.05, 0.1) is 18.5 Å². The molecule has 0 aromatic heterocycles. The van der Waals surface area contributed by atoms with Crippen molar-refractivity contribution in [2.24, 2.45) is 11.8 Å². The van der Waals surface area contributed by atoms with Crippen molar-refractivity contribution >= 4 is 5.97 Å². The smallest absolute Gasteiger partial charge is 0.306 e. The highest BCUT2D eigenvalue weighted by atomic mass is 16.7. The van der Waals surface area contributed by atoms with Crippen molar-refractivity contribution in [1.29, 1.82) is 0 Å². The minimum atomic E-state index is -0.324. The Morgan fingerprint density at radius 1 is 1.35 bits per heavy atom. The minimum absolute atomic E-state index is 0.0427. The van der Waals surface area contributed by atoms with Gasteiger partial charge in [0.1, 0.15) is 5.60 Å². The van der Waals surface area contributed by atoms with E-state index < -0.39 is 0 Å². The second-order valence-corrected chi connectivity index (χ2v) is 7.28. The number of nitrogens with zero attached hydrogens (tertiary/aromatic N) is 1. The van der Waals surface area contributed by atoms with E-state index in [1.165, 1.54) is 0 Å². The highest BCUT2D eigenvalue weighted by Crippen LogP contribution is 2.59. The van der Waals surface area contributed by atoms with Crippen LogP contribution in [-0.2, 0) is 19.0 Å². The van der Waals surface area contributed by atoms with E-state index in [1.807, 2.05) is 6.92 Å². The number of carbonyl (C=O) groups excluding carboxylic acids is 1. The molecule has 5 heteroatoms. The number of hydrogen-bond donors (Lipinski definition) is 0. The quantitative estimate of drug-likeness (QED) is 0.449. The summed E-state index contributed by atoms with van der Waals surface area (Å²) < 4.78 is 17.1. The summed E-state index contributed by atoms with van der Waals surface area (Å²) in [5, 5.41) is 0. The lowest BCUT2D eigenvalue weighted by Crippen LogP contribution is -2.49. The van der Waals surface area contributed by atoms with Gasteiger partial charge in [-0.15, -0.1) is 5.92 Å². The average molecular weight is 319 g/mol. The summed E-state index contributed by atoms with van der Waals surface area (Å²) in [6.07, 6.45) is 4.36. The molecule has 126 valence electrons. The maximum absolute atomic E-state index is 12.1. The molecule has 3 heterocycles. The Morgan fingerprint density at radius 3 is 2.83 bits per heavy atom. The lowest BCUT2D eigenvalue weighted by atomic mass is 9.67. The summed E-state index contributed by atoms with van der Waals surface area (Å²) in [5.41, 5.74) is -0.324. The second-order valence-electron chi connectivity index (χ2n) is 7.28. The molecule has 0 aromatic rings. The van der Waals surface area contributed by atoms with Crippen LogP contribution in [0.4, 0.5) is 0 Å². The van der Waals surface area contributed by atoms with E-state index in [1.54, 1.807) is 14.2 Å². The van der Waals surface area contributed by atoms with Gasteiger partial charge in [0.15, 0.2) is 6.29 Å². The Morgan fingerprint density at radius 2 is 2.13 bits per heavy atom. The first-order valence-corrected chi connectivity index (χ1v) is 8.61. The molecule has 4 fully saturated rings. The number of fused-ring (bicyclic) bond motifs is 3. The molecule has 23 heavy (non-hydrogen) atoms. The number of rotatable bonds is 3.